The highest BCUT2D eigenvalue weighted by atomic mass is 32.2. The van der Waals surface area contributed by atoms with Gasteiger partial charge < -0.3 is 19.3 Å². The molecule has 0 atom stereocenters. The molecule has 2 aromatic rings. The first kappa shape index (κ1) is 23.4. The van der Waals surface area contributed by atoms with E-state index in [4.69, 9.17) is 9.47 Å². The molecule has 1 heterocycles. The molecule has 9 nitrogen and oxygen atoms in total. The molecule has 0 spiro atoms. The fourth-order valence-corrected chi connectivity index (χ4v) is 4.40. The van der Waals surface area contributed by atoms with Crippen LogP contribution in [0, 0.1) is 6.92 Å². The highest BCUT2D eigenvalue weighted by Crippen LogP contribution is 2.23. The molecule has 0 aliphatic carbocycles. The van der Waals surface area contributed by atoms with Crippen LogP contribution in [-0.4, -0.2) is 69.6 Å². The van der Waals surface area contributed by atoms with Gasteiger partial charge in [0.2, 0.25) is 0 Å². The highest BCUT2D eigenvalue weighted by molar-refractivity contribution is 7.92. The summed E-state index contributed by atoms with van der Waals surface area (Å²) in [6, 6.07) is 13.1. The Balaban J connectivity index is 1.55. The quantitative estimate of drug-likeness (QED) is 0.679. The molecule has 3 rings (SSSR count). The van der Waals surface area contributed by atoms with Gasteiger partial charge >= 0.3 is 6.09 Å². The number of anilines is 1. The minimum Gasteiger partial charge on any atom is -0.483 e. The van der Waals surface area contributed by atoms with Crippen molar-refractivity contribution < 1.29 is 27.5 Å². The minimum absolute atomic E-state index is 0.104. The van der Waals surface area contributed by atoms with Gasteiger partial charge in [0.05, 0.1) is 11.5 Å². The number of sulfonamides is 1. The third-order valence-electron chi connectivity index (χ3n) is 4.99. The zero-order valence-corrected chi connectivity index (χ0v) is 18.9. The van der Waals surface area contributed by atoms with E-state index in [1.54, 1.807) is 60.0 Å². The largest absolute Gasteiger partial charge is 0.483 e. The van der Waals surface area contributed by atoms with Gasteiger partial charge in [-0.2, -0.15) is 0 Å². The molecule has 172 valence electrons. The molecule has 1 saturated heterocycles. The van der Waals surface area contributed by atoms with Crippen molar-refractivity contribution in [2.75, 3.05) is 44.1 Å². The second-order valence-electron chi connectivity index (χ2n) is 7.25. The Bertz CT molecular complexity index is 1050. The van der Waals surface area contributed by atoms with E-state index in [9.17, 15) is 18.0 Å². The number of benzene rings is 2. The van der Waals surface area contributed by atoms with E-state index in [0.717, 1.165) is 0 Å². The number of nitrogens with one attached hydrogen (secondary N) is 1. The molecule has 1 fully saturated rings. The summed E-state index contributed by atoms with van der Waals surface area (Å²) < 4.78 is 38.3. The van der Waals surface area contributed by atoms with Gasteiger partial charge in [-0.05, 0) is 49.7 Å². The van der Waals surface area contributed by atoms with E-state index < -0.39 is 10.0 Å². The number of carbonyl (C=O) groups is 2. The average molecular weight is 462 g/mol. The smallest absolute Gasteiger partial charge is 0.409 e. The summed E-state index contributed by atoms with van der Waals surface area (Å²) in [6.45, 7) is 5.24. The molecular formula is C22H27N3O6S. The Kier molecular flexibility index (Phi) is 7.57. The summed E-state index contributed by atoms with van der Waals surface area (Å²) in [6.07, 6.45) is -0.372. The number of rotatable bonds is 7. The van der Waals surface area contributed by atoms with Gasteiger partial charge in [-0.25, -0.2) is 13.2 Å². The van der Waals surface area contributed by atoms with E-state index in [1.807, 2.05) is 0 Å². The Labute approximate surface area is 188 Å². The number of piperazine rings is 1. The summed E-state index contributed by atoms with van der Waals surface area (Å²) in [5.41, 5.74) is 1.07. The van der Waals surface area contributed by atoms with Crippen molar-refractivity contribution in [2.24, 2.45) is 0 Å². The summed E-state index contributed by atoms with van der Waals surface area (Å²) in [7, 11) is -3.74. The molecule has 1 aliphatic rings. The van der Waals surface area contributed by atoms with Crippen molar-refractivity contribution in [3.8, 4) is 5.75 Å². The van der Waals surface area contributed by atoms with Gasteiger partial charge in [0, 0.05) is 31.9 Å². The van der Waals surface area contributed by atoms with E-state index in [1.165, 1.54) is 12.1 Å². The number of ether oxygens (including phenoxy) is 2. The van der Waals surface area contributed by atoms with E-state index in [2.05, 4.69) is 4.72 Å². The first-order valence-corrected chi connectivity index (χ1v) is 11.8. The first-order valence-electron chi connectivity index (χ1n) is 10.3. The molecule has 0 unspecified atom stereocenters. The van der Waals surface area contributed by atoms with Crippen LogP contribution in [0.5, 0.6) is 5.75 Å². The maximum atomic E-state index is 12.6. The average Bonchev–Trinajstić information content (AvgIpc) is 2.78. The maximum absolute atomic E-state index is 12.6. The normalized spacial score (nSPS) is 14.1. The van der Waals surface area contributed by atoms with Crippen molar-refractivity contribution in [3.05, 3.63) is 54.1 Å². The van der Waals surface area contributed by atoms with Gasteiger partial charge in [-0.1, -0.05) is 18.2 Å². The maximum Gasteiger partial charge on any atom is 0.409 e. The van der Waals surface area contributed by atoms with Crippen molar-refractivity contribution >= 4 is 27.7 Å². The van der Waals surface area contributed by atoms with Gasteiger partial charge in [0.25, 0.3) is 15.9 Å². The second-order valence-corrected chi connectivity index (χ2v) is 8.94. The van der Waals surface area contributed by atoms with Crippen LogP contribution in [0.2, 0.25) is 0 Å². The topological polar surface area (TPSA) is 105 Å². The molecule has 0 radical (unpaired) electrons. The molecule has 0 aromatic heterocycles. The predicted molar refractivity (Wildman–Crippen MR) is 119 cm³/mol. The lowest BCUT2D eigenvalue weighted by Gasteiger charge is -2.34. The van der Waals surface area contributed by atoms with Crippen LogP contribution in [0.3, 0.4) is 0 Å². The van der Waals surface area contributed by atoms with E-state index in [-0.39, 0.29) is 23.5 Å². The van der Waals surface area contributed by atoms with Crippen LogP contribution >= 0.6 is 0 Å². The molecule has 1 N–H and O–H groups in total. The van der Waals surface area contributed by atoms with E-state index in [0.29, 0.717) is 49.8 Å². The van der Waals surface area contributed by atoms with E-state index >= 15 is 0 Å². The lowest BCUT2D eigenvalue weighted by atomic mass is 10.2. The Morgan fingerprint density at radius 1 is 1.00 bits per heavy atom. The zero-order valence-electron chi connectivity index (χ0n) is 18.1. The van der Waals surface area contributed by atoms with Crippen LogP contribution < -0.4 is 9.46 Å². The van der Waals surface area contributed by atoms with Crippen LogP contribution in [0.1, 0.15) is 12.5 Å². The lowest BCUT2D eigenvalue weighted by molar-refractivity contribution is -0.134. The second kappa shape index (κ2) is 10.4. The van der Waals surface area contributed by atoms with Gasteiger partial charge in [-0.15, -0.1) is 0 Å². The monoisotopic (exact) mass is 461 g/mol. The van der Waals surface area contributed by atoms with Crippen LogP contribution in [0.25, 0.3) is 0 Å². The number of aryl methyl sites for hydroxylation is 1. The van der Waals surface area contributed by atoms with Gasteiger partial charge in [0.15, 0.2) is 6.61 Å². The Morgan fingerprint density at radius 3 is 2.28 bits per heavy atom. The Morgan fingerprint density at radius 2 is 1.66 bits per heavy atom. The summed E-state index contributed by atoms with van der Waals surface area (Å²) >= 11 is 0. The minimum atomic E-state index is -3.74. The number of hydrogen-bond acceptors (Lipinski definition) is 6. The third kappa shape index (κ3) is 5.91. The van der Waals surface area contributed by atoms with Gasteiger partial charge in [-0.3, -0.25) is 9.52 Å². The van der Waals surface area contributed by atoms with Crippen molar-refractivity contribution in [1.29, 1.82) is 0 Å². The number of amides is 2. The van der Waals surface area contributed by atoms with Crippen LogP contribution in [0.15, 0.2) is 53.4 Å². The summed E-state index contributed by atoms with van der Waals surface area (Å²) in [5, 5.41) is 0. The molecule has 2 amide bonds. The number of carbonyl (C=O) groups excluding carboxylic acids is 2. The zero-order chi connectivity index (χ0) is 23.1. The molecule has 10 heteroatoms. The fraction of sp³-hybridized carbons (Fsp3) is 0.364. The molecule has 0 bridgehead atoms. The van der Waals surface area contributed by atoms with Gasteiger partial charge in [0.1, 0.15) is 5.75 Å². The number of para-hydroxylation sites is 1. The molecular weight excluding hydrogens is 434 g/mol. The standard InChI is InChI=1S/C22H27N3O6S/c1-3-30-22(27)25-13-11-24(12-14-25)21(26)16-31-20-10-9-19(15-17(20)2)32(28,29)23-18-7-5-4-6-8-18/h4-10,15,23H,3,11-14,16H2,1-2H3. The predicted octanol–water partition coefficient (Wildman–Crippen LogP) is 2.48. The molecule has 1 aliphatic heterocycles. The third-order valence-corrected chi connectivity index (χ3v) is 6.37. The number of hydrogen-bond donors (Lipinski definition) is 1. The highest BCUT2D eigenvalue weighted by Gasteiger charge is 2.25. The Hall–Kier alpha value is -3.27. The molecule has 32 heavy (non-hydrogen) atoms. The lowest BCUT2D eigenvalue weighted by Crippen LogP contribution is -2.51. The first-order chi connectivity index (χ1) is 15.3. The number of nitrogens with zero attached hydrogens (tertiary/aromatic N) is 2. The molecule has 2 aromatic carbocycles. The summed E-state index contributed by atoms with van der Waals surface area (Å²) in [5.74, 6) is 0.234. The fourth-order valence-electron chi connectivity index (χ4n) is 3.26. The van der Waals surface area contributed by atoms with Crippen LogP contribution in [0.4, 0.5) is 10.5 Å². The van der Waals surface area contributed by atoms with Crippen molar-refractivity contribution in [2.45, 2.75) is 18.7 Å². The summed E-state index contributed by atoms with van der Waals surface area (Å²) in [4.78, 5) is 27.5. The van der Waals surface area contributed by atoms with Crippen LogP contribution in [-0.2, 0) is 19.6 Å². The van der Waals surface area contributed by atoms with Crippen molar-refractivity contribution in [3.63, 3.8) is 0 Å². The SMILES string of the molecule is CCOC(=O)N1CCN(C(=O)COc2ccc(S(=O)(=O)Nc3ccccc3)cc2C)CC1. The van der Waals surface area contributed by atoms with Crippen molar-refractivity contribution in [1.82, 2.24) is 9.80 Å². The molecule has 0 saturated carbocycles.